The summed E-state index contributed by atoms with van der Waals surface area (Å²) in [4.78, 5) is 26.7. The van der Waals surface area contributed by atoms with E-state index in [1.54, 1.807) is 6.07 Å². The van der Waals surface area contributed by atoms with Gasteiger partial charge in [-0.15, -0.1) is 0 Å². The molecule has 0 atom stereocenters. The van der Waals surface area contributed by atoms with Crippen LogP contribution in [0.1, 0.15) is 16.3 Å². The van der Waals surface area contributed by atoms with E-state index in [0.717, 1.165) is 23.6 Å². The van der Waals surface area contributed by atoms with Crippen molar-refractivity contribution in [1.82, 2.24) is 19.9 Å². The van der Waals surface area contributed by atoms with Gasteiger partial charge in [-0.3, -0.25) is 10.1 Å². The summed E-state index contributed by atoms with van der Waals surface area (Å²) in [7, 11) is 0. The van der Waals surface area contributed by atoms with E-state index in [4.69, 9.17) is 0 Å². The number of rotatable bonds is 2. The van der Waals surface area contributed by atoms with Crippen molar-refractivity contribution in [3.8, 4) is 0 Å². The number of pyridine rings is 1. The highest BCUT2D eigenvalue weighted by Crippen LogP contribution is 2.32. The molecule has 0 fully saturated rings. The molecule has 0 bridgehead atoms. The Kier molecular flexibility index (Phi) is 3.45. The third-order valence-corrected chi connectivity index (χ3v) is 3.49. The SMILES string of the molecule is O=C(Nc1nc2cnc(C(F)(F)F)cc2s1)c1ncccn1. The number of hydrogen-bond acceptors (Lipinski definition) is 6. The first kappa shape index (κ1) is 14.3. The van der Waals surface area contributed by atoms with Gasteiger partial charge in [-0.2, -0.15) is 13.2 Å². The molecule has 10 heteroatoms. The van der Waals surface area contributed by atoms with Gasteiger partial charge in [0.2, 0.25) is 5.82 Å². The maximum absolute atomic E-state index is 12.6. The quantitative estimate of drug-likeness (QED) is 0.783. The molecule has 0 saturated carbocycles. The summed E-state index contributed by atoms with van der Waals surface area (Å²) >= 11 is 0.912. The first-order valence-electron chi connectivity index (χ1n) is 5.85. The Labute approximate surface area is 125 Å². The molecule has 0 saturated heterocycles. The zero-order valence-electron chi connectivity index (χ0n) is 10.6. The number of nitrogens with zero attached hydrogens (tertiary/aromatic N) is 4. The molecule has 0 aliphatic heterocycles. The number of alkyl halides is 3. The first-order chi connectivity index (χ1) is 10.4. The van der Waals surface area contributed by atoms with Crippen LogP contribution < -0.4 is 5.32 Å². The van der Waals surface area contributed by atoms with Crippen LogP contribution in [-0.4, -0.2) is 25.8 Å². The summed E-state index contributed by atoms with van der Waals surface area (Å²) in [5.41, 5.74) is -0.741. The summed E-state index contributed by atoms with van der Waals surface area (Å²) in [6.45, 7) is 0. The maximum atomic E-state index is 12.6. The van der Waals surface area contributed by atoms with Gasteiger partial charge in [-0.25, -0.2) is 19.9 Å². The molecular weight excluding hydrogens is 319 g/mol. The Morgan fingerprint density at radius 3 is 2.59 bits per heavy atom. The fraction of sp³-hybridized carbons (Fsp3) is 0.0833. The van der Waals surface area contributed by atoms with Gasteiger partial charge in [0.05, 0.1) is 10.9 Å². The number of nitrogens with one attached hydrogen (secondary N) is 1. The number of aromatic nitrogens is 4. The topological polar surface area (TPSA) is 80.7 Å². The standard InChI is InChI=1S/C12H6F3N5OS/c13-12(14,15)8-4-7-6(5-18-8)19-11(22-7)20-10(21)9-16-2-1-3-17-9/h1-5H,(H,19,20,21). The van der Waals surface area contributed by atoms with Crippen molar-refractivity contribution in [3.05, 3.63) is 42.2 Å². The smallest absolute Gasteiger partial charge is 0.295 e. The molecule has 1 amide bonds. The molecule has 112 valence electrons. The van der Waals surface area contributed by atoms with E-state index in [1.807, 2.05) is 0 Å². The third kappa shape index (κ3) is 2.86. The van der Waals surface area contributed by atoms with Crippen LogP contribution >= 0.6 is 11.3 Å². The predicted octanol–water partition coefficient (Wildman–Crippen LogP) is 2.75. The average Bonchev–Trinajstić information content (AvgIpc) is 2.88. The van der Waals surface area contributed by atoms with Crippen molar-refractivity contribution < 1.29 is 18.0 Å². The fourth-order valence-corrected chi connectivity index (χ4v) is 2.48. The van der Waals surface area contributed by atoms with E-state index in [0.29, 0.717) is 0 Å². The number of amides is 1. The highest BCUT2D eigenvalue weighted by Gasteiger charge is 2.32. The van der Waals surface area contributed by atoms with Gasteiger partial charge in [0, 0.05) is 12.4 Å². The Hall–Kier alpha value is -2.62. The molecule has 0 unspecified atom stereocenters. The average molecular weight is 325 g/mol. The van der Waals surface area contributed by atoms with Crippen molar-refractivity contribution in [3.63, 3.8) is 0 Å². The van der Waals surface area contributed by atoms with Crippen molar-refractivity contribution >= 4 is 32.6 Å². The number of fused-ring (bicyclic) bond motifs is 1. The van der Waals surface area contributed by atoms with Gasteiger partial charge >= 0.3 is 6.18 Å². The number of halogens is 3. The Bertz CT molecular complexity index is 834. The molecule has 0 aliphatic carbocycles. The summed E-state index contributed by atoms with van der Waals surface area (Å²) in [6, 6.07) is 2.44. The maximum Gasteiger partial charge on any atom is 0.433 e. The Balaban J connectivity index is 1.88. The van der Waals surface area contributed by atoms with Crippen molar-refractivity contribution in [2.45, 2.75) is 6.18 Å². The molecule has 0 radical (unpaired) electrons. The van der Waals surface area contributed by atoms with Crippen LogP contribution in [0.2, 0.25) is 0 Å². The highest BCUT2D eigenvalue weighted by atomic mass is 32.1. The second-order valence-corrected chi connectivity index (χ2v) is 5.11. The van der Waals surface area contributed by atoms with Gasteiger partial charge in [-0.05, 0) is 12.1 Å². The van der Waals surface area contributed by atoms with Gasteiger partial charge in [0.25, 0.3) is 5.91 Å². The zero-order chi connectivity index (χ0) is 15.7. The van der Waals surface area contributed by atoms with Crippen LogP contribution in [-0.2, 0) is 6.18 Å². The molecule has 3 rings (SSSR count). The number of thiazole rings is 1. The lowest BCUT2D eigenvalue weighted by Crippen LogP contribution is -2.14. The summed E-state index contributed by atoms with van der Waals surface area (Å²) < 4.78 is 38.0. The summed E-state index contributed by atoms with van der Waals surface area (Å²) in [6.07, 6.45) is -0.706. The molecule has 1 N–H and O–H groups in total. The summed E-state index contributed by atoms with van der Waals surface area (Å²) in [5, 5.41) is 2.59. The molecule has 22 heavy (non-hydrogen) atoms. The van der Waals surface area contributed by atoms with E-state index in [2.05, 4.69) is 25.3 Å². The number of anilines is 1. The molecule has 0 aromatic carbocycles. The van der Waals surface area contributed by atoms with Crippen LogP contribution in [0.3, 0.4) is 0 Å². The van der Waals surface area contributed by atoms with E-state index in [1.165, 1.54) is 12.4 Å². The molecule has 3 aromatic heterocycles. The molecule has 3 heterocycles. The highest BCUT2D eigenvalue weighted by molar-refractivity contribution is 7.22. The minimum atomic E-state index is -4.53. The molecule has 6 nitrogen and oxygen atoms in total. The van der Waals surface area contributed by atoms with Crippen LogP contribution in [0.4, 0.5) is 18.3 Å². The Morgan fingerprint density at radius 2 is 1.91 bits per heavy atom. The van der Waals surface area contributed by atoms with E-state index >= 15 is 0 Å². The molecular formula is C12H6F3N5OS. The number of carbonyl (C=O) groups is 1. The van der Waals surface area contributed by atoms with Gasteiger partial charge in [-0.1, -0.05) is 11.3 Å². The Morgan fingerprint density at radius 1 is 1.18 bits per heavy atom. The third-order valence-electron chi connectivity index (χ3n) is 2.55. The fourth-order valence-electron chi connectivity index (χ4n) is 1.61. The van der Waals surface area contributed by atoms with Crippen LogP contribution in [0.5, 0.6) is 0 Å². The minimum absolute atomic E-state index is 0.0594. The van der Waals surface area contributed by atoms with Crippen molar-refractivity contribution in [1.29, 1.82) is 0 Å². The molecule has 0 aliphatic rings. The zero-order valence-corrected chi connectivity index (χ0v) is 11.4. The van der Waals surface area contributed by atoms with Crippen molar-refractivity contribution in [2.75, 3.05) is 5.32 Å². The van der Waals surface area contributed by atoms with Gasteiger partial charge in [0.15, 0.2) is 5.13 Å². The minimum Gasteiger partial charge on any atom is -0.295 e. The molecule has 3 aromatic rings. The van der Waals surface area contributed by atoms with E-state index < -0.39 is 17.8 Å². The lowest BCUT2D eigenvalue weighted by atomic mass is 10.3. The van der Waals surface area contributed by atoms with Crippen LogP contribution in [0.25, 0.3) is 10.2 Å². The number of hydrogen-bond donors (Lipinski definition) is 1. The lowest BCUT2D eigenvalue weighted by Gasteiger charge is -2.03. The second kappa shape index (κ2) is 5.30. The van der Waals surface area contributed by atoms with E-state index in [9.17, 15) is 18.0 Å². The van der Waals surface area contributed by atoms with Crippen LogP contribution in [0, 0.1) is 0 Å². The van der Waals surface area contributed by atoms with Crippen LogP contribution in [0.15, 0.2) is 30.7 Å². The lowest BCUT2D eigenvalue weighted by molar-refractivity contribution is -0.141. The molecule has 0 spiro atoms. The normalized spacial score (nSPS) is 11.6. The van der Waals surface area contributed by atoms with Crippen molar-refractivity contribution in [2.24, 2.45) is 0 Å². The summed E-state index contributed by atoms with van der Waals surface area (Å²) in [5.74, 6) is -0.653. The van der Waals surface area contributed by atoms with E-state index in [-0.39, 0.29) is 21.2 Å². The second-order valence-electron chi connectivity index (χ2n) is 4.08. The first-order valence-corrected chi connectivity index (χ1v) is 6.67. The van der Waals surface area contributed by atoms with Gasteiger partial charge < -0.3 is 0 Å². The monoisotopic (exact) mass is 325 g/mol. The number of carbonyl (C=O) groups excluding carboxylic acids is 1. The largest absolute Gasteiger partial charge is 0.433 e. The van der Waals surface area contributed by atoms with Gasteiger partial charge in [0.1, 0.15) is 11.2 Å². The predicted molar refractivity (Wildman–Crippen MR) is 72.4 cm³/mol.